The number of aromatic nitrogens is 1. The fourth-order valence-electron chi connectivity index (χ4n) is 1.91. The summed E-state index contributed by atoms with van der Waals surface area (Å²) in [6.07, 6.45) is 0.714. The number of rotatable bonds is 2. The Labute approximate surface area is 101 Å². The maximum atomic E-state index is 13.0. The largest absolute Gasteiger partial charge is 0.477 e. The van der Waals surface area contributed by atoms with Crippen LogP contribution >= 0.6 is 0 Å². The summed E-state index contributed by atoms with van der Waals surface area (Å²) in [5, 5.41) is 10.3. The Balaban J connectivity index is 2.28. The van der Waals surface area contributed by atoms with Gasteiger partial charge in [-0.25, -0.2) is 18.3 Å². The highest BCUT2D eigenvalue weighted by molar-refractivity contribution is 5.87. The standard InChI is InChI=1S/C11H12F2N2O3/c12-11(13)3-6-14(7-4-11)15-5-1-2-8(9(15)16)10(17)18/h1-2,5H,3-4,6-7H2,(H,17,18). The Kier molecular flexibility index (Phi) is 3.06. The van der Waals surface area contributed by atoms with Gasteiger partial charge in [0.15, 0.2) is 0 Å². The lowest BCUT2D eigenvalue weighted by molar-refractivity contribution is -0.0260. The summed E-state index contributed by atoms with van der Waals surface area (Å²) in [4.78, 5) is 22.6. The van der Waals surface area contributed by atoms with E-state index >= 15 is 0 Å². The maximum absolute atomic E-state index is 13.0. The number of halogens is 2. The number of carboxylic acid groups (broad SMARTS) is 1. The van der Waals surface area contributed by atoms with E-state index in [9.17, 15) is 18.4 Å². The number of carbonyl (C=O) groups is 1. The second kappa shape index (κ2) is 4.40. The van der Waals surface area contributed by atoms with Crippen LogP contribution in [0, 0.1) is 0 Å². The predicted molar refractivity (Wildman–Crippen MR) is 59.8 cm³/mol. The molecule has 1 N–H and O–H groups in total. The van der Waals surface area contributed by atoms with E-state index in [1.807, 2.05) is 0 Å². The SMILES string of the molecule is O=C(O)c1cccn(N2CCC(F)(F)CC2)c1=O. The van der Waals surface area contributed by atoms with Gasteiger partial charge in [0.05, 0.1) is 0 Å². The Morgan fingerprint density at radius 1 is 1.33 bits per heavy atom. The summed E-state index contributed by atoms with van der Waals surface area (Å²) in [5.74, 6) is -4.03. The molecule has 0 bridgehead atoms. The van der Waals surface area contributed by atoms with Crippen LogP contribution in [0.1, 0.15) is 23.2 Å². The van der Waals surface area contributed by atoms with Crippen LogP contribution in [0.4, 0.5) is 8.78 Å². The molecular weight excluding hydrogens is 246 g/mol. The lowest BCUT2D eigenvalue weighted by Gasteiger charge is -2.34. The van der Waals surface area contributed by atoms with E-state index < -0.39 is 17.5 Å². The first kappa shape index (κ1) is 12.5. The lowest BCUT2D eigenvalue weighted by Crippen LogP contribution is -2.50. The zero-order chi connectivity index (χ0) is 13.3. The molecule has 0 unspecified atom stereocenters. The molecule has 7 heteroatoms. The van der Waals surface area contributed by atoms with Crippen molar-refractivity contribution in [3.05, 3.63) is 34.2 Å². The molecule has 0 atom stereocenters. The average molecular weight is 258 g/mol. The minimum atomic E-state index is -2.70. The van der Waals surface area contributed by atoms with Gasteiger partial charge in [-0.05, 0) is 12.1 Å². The predicted octanol–water partition coefficient (Wildman–Crippen LogP) is 0.914. The van der Waals surface area contributed by atoms with Crippen molar-refractivity contribution in [3.8, 4) is 0 Å². The number of carboxylic acids is 1. The number of hydrogen-bond acceptors (Lipinski definition) is 3. The van der Waals surface area contributed by atoms with Crippen LogP contribution in [-0.2, 0) is 0 Å². The van der Waals surface area contributed by atoms with Crippen molar-refractivity contribution in [2.45, 2.75) is 18.8 Å². The molecule has 1 aliphatic heterocycles. The van der Waals surface area contributed by atoms with E-state index in [-0.39, 0.29) is 31.5 Å². The molecule has 1 fully saturated rings. The summed E-state index contributed by atoms with van der Waals surface area (Å²) in [6.45, 7) is 0.0476. The highest BCUT2D eigenvalue weighted by Gasteiger charge is 2.34. The summed E-state index contributed by atoms with van der Waals surface area (Å²) >= 11 is 0. The number of aromatic carboxylic acids is 1. The second-order valence-corrected chi connectivity index (χ2v) is 4.19. The fraction of sp³-hybridized carbons (Fsp3) is 0.455. The molecule has 98 valence electrons. The minimum absolute atomic E-state index is 0.0238. The van der Waals surface area contributed by atoms with Crippen molar-refractivity contribution in [2.24, 2.45) is 0 Å². The van der Waals surface area contributed by atoms with Crippen molar-refractivity contribution in [3.63, 3.8) is 0 Å². The van der Waals surface area contributed by atoms with Crippen LogP contribution < -0.4 is 10.6 Å². The molecule has 0 aliphatic carbocycles. The Bertz CT molecular complexity index is 517. The third-order valence-corrected chi connectivity index (χ3v) is 2.94. The van der Waals surface area contributed by atoms with Gasteiger partial charge in [0.1, 0.15) is 5.56 Å². The molecule has 0 saturated carbocycles. The lowest BCUT2D eigenvalue weighted by atomic mass is 10.1. The van der Waals surface area contributed by atoms with Gasteiger partial charge in [0, 0.05) is 32.1 Å². The zero-order valence-electron chi connectivity index (χ0n) is 9.47. The van der Waals surface area contributed by atoms with E-state index in [2.05, 4.69) is 0 Å². The third-order valence-electron chi connectivity index (χ3n) is 2.94. The molecule has 2 heterocycles. The molecule has 1 aromatic rings. The van der Waals surface area contributed by atoms with E-state index in [0.717, 1.165) is 4.68 Å². The third kappa shape index (κ3) is 2.34. The average Bonchev–Trinajstić information content (AvgIpc) is 2.29. The normalized spacial score (nSPS) is 18.7. The Hall–Kier alpha value is -1.92. The van der Waals surface area contributed by atoms with Crippen LogP contribution in [0.15, 0.2) is 23.1 Å². The topological polar surface area (TPSA) is 62.5 Å². The van der Waals surface area contributed by atoms with Crippen molar-refractivity contribution in [2.75, 3.05) is 18.1 Å². The molecule has 1 aromatic heterocycles. The summed E-state index contributed by atoms with van der Waals surface area (Å²) in [6, 6.07) is 2.61. The van der Waals surface area contributed by atoms with Gasteiger partial charge in [-0.15, -0.1) is 0 Å². The van der Waals surface area contributed by atoms with Crippen LogP contribution in [-0.4, -0.2) is 34.8 Å². The maximum Gasteiger partial charge on any atom is 0.341 e. The fourth-order valence-corrected chi connectivity index (χ4v) is 1.91. The highest BCUT2D eigenvalue weighted by Crippen LogP contribution is 2.26. The summed E-state index contributed by atoms with van der Waals surface area (Å²) in [7, 11) is 0. The van der Waals surface area contributed by atoms with Crippen molar-refractivity contribution in [1.29, 1.82) is 0 Å². The van der Waals surface area contributed by atoms with Gasteiger partial charge in [-0.1, -0.05) is 0 Å². The van der Waals surface area contributed by atoms with E-state index in [4.69, 9.17) is 5.11 Å². The number of nitrogens with zero attached hydrogens (tertiary/aromatic N) is 2. The van der Waals surface area contributed by atoms with Gasteiger partial charge in [-0.2, -0.15) is 0 Å². The number of pyridine rings is 1. The van der Waals surface area contributed by atoms with Gasteiger partial charge < -0.3 is 10.1 Å². The van der Waals surface area contributed by atoms with E-state index in [1.165, 1.54) is 23.3 Å². The van der Waals surface area contributed by atoms with E-state index in [0.29, 0.717) is 0 Å². The van der Waals surface area contributed by atoms with Crippen LogP contribution in [0.2, 0.25) is 0 Å². The molecule has 18 heavy (non-hydrogen) atoms. The summed E-state index contributed by atoms with van der Waals surface area (Å²) < 4.78 is 27.1. The van der Waals surface area contributed by atoms with E-state index in [1.54, 1.807) is 0 Å². The molecule has 0 radical (unpaired) electrons. The van der Waals surface area contributed by atoms with Crippen LogP contribution in [0.25, 0.3) is 0 Å². The molecular formula is C11H12F2N2O3. The Morgan fingerprint density at radius 3 is 2.50 bits per heavy atom. The van der Waals surface area contributed by atoms with Crippen molar-refractivity contribution >= 4 is 5.97 Å². The van der Waals surface area contributed by atoms with Crippen LogP contribution in [0.3, 0.4) is 0 Å². The first-order chi connectivity index (χ1) is 8.41. The van der Waals surface area contributed by atoms with Gasteiger partial charge >= 0.3 is 5.97 Å². The van der Waals surface area contributed by atoms with Crippen LogP contribution in [0.5, 0.6) is 0 Å². The van der Waals surface area contributed by atoms with Crippen molar-refractivity contribution < 1.29 is 18.7 Å². The summed E-state index contributed by atoms with van der Waals surface area (Å²) in [5.41, 5.74) is -1.06. The molecule has 2 rings (SSSR count). The molecule has 1 aliphatic rings. The van der Waals surface area contributed by atoms with Crippen molar-refractivity contribution in [1.82, 2.24) is 4.68 Å². The number of hydrogen-bond donors (Lipinski definition) is 1. The van der Waals surface area contributed by atoms with Gasteiger partial charge in [0.2, 0.25) is 0 Å². The molecule has 5 nitrogen and oxygen atoms in total. The highest BCUT2D eigenvalue weighted by atomic mass is 19.3. The minimum Gasteiger partial charge on any atom is -0.477 e. The smallest absolute Gasteiger partial charge is 0.341 e. The molecule has 1 saturated heterocycles. The first-order valence-corrected chi connectivity index (χ1v) is 5.49. The quantitative estimate of drug-likeness (QED) is 0.856. The Morgan fingerprint density at radius 2 is 1.94 bits per heavy atom. The van der Waals surface area contributed by atoms with Gasteiger partial charge in [0.25, 0.3) is 11.5 Å². The molecule has 0 spiro atoms. The number of alkyl halides is 2. The first-order valence-electron chi connectivity index (χ1n) is 5.49. The molecule has 0 aromatic carbocycles. The number of piperidine rings is 1. The monoisotopic (exact) mass is 258 g/mol. The van der Waals surface area contributed by atoms with Gasteiger partial charge in [-0.3, -0.25) is 4.79 Å². The zero-order valence-corrected chi connectivity index (χ0v) is 9.47. The molecule has 0 amide bonds. The second-order valence-electron chi connectivity index (χ2n) is 4.19.